The van der Waals surface area contributed by atoms with Crippen molar-refractivity contribution >= 4 is 15.9 Å². The summed E-state index contributed by atoms with van der Waals surface area (Å²) < 4.78 is 39.1. The second kappa shape index (κ2) is 8.58. The molecule has 1 aliphatic rings. The number of carbonyl (C=O) groups excluding carboxylic acids is 1. The van der Waals surface area contributed by atoms with E-state index in [0.29, 0.717) is 5.56 Å². The van der Waals surface area contributed by atoms with E-state index in [0.717, 1.165) is 44.8 Å². The second-order valence-electron chi connectivity index (χ2n) is 6.32. The molecule has 0 aromatic heterocycles. The Labute approximate surface area is 143 Å². The molecule has 134 valence electrons. The number of benzene rings is 1. The summed E-state index contributed by atoms with van der Waals surface area (Å²) in [6.45, 7) is -0.161. The van der Waals surface area contributed by atoms with Gasteiger partial charge in [0.25, 0.3) is 0 Å². The summed E-state index contributed by atoms with van der Waals surface area (Å²) in [5.74, 6) is -0.797. The summed E-state index contributed by atoms with van der Waals surface area (Å²) in [5.41, 5.74) is 0.381. The van der Waals surface area contributed by atoms with Crippen LogP contribution < -0.4 is 5.32 Å². The van der Waals surface area contributed by atoms with Gasteiger partial charge >= 0.3 is 0 Å². The van der Waals surface area contributed by atoms with E-state index in [-0.39, 0.29) is 24.9 Å². The van der Waals surface area contributed by atoms with Crippen molar-refractivity contribution in [3.05, 3.63) is 35.6 Å². The highest BCUT2D eigenvalue weighted by Crippen LogP contribution is 2.23. The molecule has 0 radical (unpaired) electrons. The van der Waals surface area contributed by atoms with E-state index < -0.39 is 15.9 Å². The Morgan fingerprint density at radius 1 is 1.21 bits per heavy atom. The zero-order valence-electron chi connectivity index (χ0n) is 14.0. The molecule has 1 aromatic rings. The molecule has 1 saturated carbocycles. The van der Waals surface area contributed by atoms with Gasteiger partial charge < -0.3 is 5.32 Å². The van der Waals surface area contributed by atoms with Crippen LogP contribution in [0.15, 0.2) is 24.3 Å². The zero-order chi connectivity index (χ0) is 17.6. The van der Waals surface area contributed by atoms with Crippen LogP contribution in [0.5, 0.6) is 0 Å². The standard InChI is InChI=1S/C17H25FN2O3S/c1-24(22,23)20(15-9-4-2-3-5-10-15)13-17(21)19-12-14-8-6-7-11-16(14)18/h6-8,11,15H,2-5,9-10,12-13H2,1H3,(H,19,21). The van der Waals surface area contributed by atoms with E-state index in [9.17, 15) is 17.6 Å². The number of carbonyl (C=O) groups is 1. The van der Waals surface area contributed by atoms with Gasteiger partial charge in [0, 0.05) is 18.2 Å². The van der Waals surface area contributed by atoms with Crippen LogP contribution in [0, 0.1) is 5.82 Å². The maximum atomic E-state index is 13.6. The van der Waals surface area contributed by atoms with Gasteiger partial charge in [-0.3, -0.25) is 4.79 Å². The fourth-order valence-electron chi connectivity index (χ4n) is 3.10. The summed E-state index contributed by atoms with van der Waals surface area (Å²) >= 11 is 0. The molecule has 24 heavy (non-hydrogen) atoms. The minimum absolute atomic E-state index is 0.0494. The van der Waals surface area contributed by atoms with Gasteiger partial charge in [-0.15, -0.1) is 0 Å². The zero-order valence-corrected chi connectivity index (χ0v) is 14.8. The lowest BCUT2D eigenvalue weighted by Crippen LogP contribution is -2.45. The lowest BCUT2D eigenvalue weighted by molar-refractivity contribution is -0.121. The molecule has 1 N–H and O–H groups in total. The van der Waals surface area contributed by atoms with Crippen LogP contribution in [-0.2, 0) is 21.4 Å². The molecule has 1 fully saturated rings. The van der Waals surface area contributed by atoms with E-state index in [1.807, 2.05) is 0 Å². The molecule has 0 atom stereocenters. The number of amides is 1. The summed E-state index contributed by atoms with van der Waals surface area (Å²) in [6, 6.07) is 6.07. The molecule has 0 heterocycles. The fourth-order valence-corrected chi connectivity index (χ4v) is 4.20. The third-order valence-corrected chi connectivity index (χ3v) is 5.67. The molecule has 2 rings (SSSR count). The highest BCUT2D eigenvalue weighted by molar-refractivity contribution is 7.88. The largest absolute Gasteiger partial charge is 0.351 e. The molecule has 0 spiro atoms. The molecule has 1 amide bonds. The van der Waals surface area contributed by atoms with E-state index in [4.69, 9.17) is 0 Å². The van der Waals surface area contributed by atoms with Crippen molar-refractivity contribution < 1.29 is 17.6 Å². The smallest absolute Gasteiger partial charge is 0.235 e. The number of halogens is 1. The number of rotatable bonds is 6. The molecule has 0 saturated heterocycles. The molecule has 5 nitrogen and oxygen atoms in total. The number of hydrogen-bond acceptors (Lipinski definition) is 3. The maximum absolute atomic E-state index is 13.6. The Balaban J connectivity index is 1.98. The first-order chi connectivity index (χ1) is 11.4. The minimum Gasteiger partial charge on any atom is -0.351 e. The topological polar surface area (TPSA) is 66.5 Å². The van der Waals surface area contributed by atoms with Crippen molar-refractivity contribution in [3.8, 4) is 0 Å². The van der Waals surface area contributed by atoms with Crippen molar-refractivity contribution in [3.63, 3.8) is 0 Å². The van der Waals surface area contributed by atoms with Gasteiger partial charge in [-0.05, 0) is 18.9 Å². The van der Waals surface area contributed by atoms with Crippen LogP contribution in [0.1, 0.15) is 44.1 Å². The van der Waals surface area contributed by atoms with Crippen molar-refractivity contribution in [2.45, 2.75) is 51.1 Å². The summed E-state index contributed by atoms with van der Waals surface area (Å²) in [6.07, 6.45) is 6.88. The molecule has 7 heteroatoms. The van der Waals surface area contributed by atoms with Gasteiger partial charge in [0.1, 0.15) is 5.82 Å². The van der Waals surface area contributed by atoms with Crippen LogP contribution in [-0.4, -0.2) is 37.5 Å². The van der Waals surface area contributed by atoms with Crippen molar-refractivity contribution in [1.82, 2.24) is 9.62 Å². The first kappa shape index (κ1) is 18.9. The normalized spacial score (nSPS) is 16.8. The van der Waals surface area contributed by atoms with Gasteiger partial charge in [0.05, 0.1) is 12.8 Å². The van der Waals surface area contributed by atoms with Gasteiger partial charge in [-0.25, -0.2) is 12.8 Å². The number of hydrogen-bond donors (Lipinski definition) is 1. The van der Waals surface area contributed by atoms with Crippen molar-refractivity contribution in [2.24, 2.45) is 0 Å². The van der Waals surface area contributed by atoms with Crippen LogP contribution >= 0.6 is 0 Å². The Bertz CT molecular complexity index is 656. The summed E-state index contributed by atoms with van der Waals surface area (Å²) in [7, 11) is -3.47. The molecule has 1 aliphatic carbocycles. The quantitative estimate of drug-likeness (QED) is 0.796. The van der Waals surface area contributed by atoms with E-state index >= 15 is 0 Å². The van der Waals surface area contributed by atoms with Crippen molar-refractivity contribution in [2.75, 3.05) is 12.8 Å². The van der Waals surface area contributed by atoms with Crippen molar-refractivity contribution in [1.29, 1.82) is 0 Å². The van der Waals surface area contributed by atoms with Crippen LogP contribution in [0.3, 0.4) is 0 Å². The summed E-state index contributed by atoms with van der Waals surface area (Å²) in [4.78, 5) is 12.2. The molecule has 0 unspecified atom stereocenters. The molecule has 0 bridgehead atoms. The van der Waals surface area contributed by atoms with Crippen LogP contribution in [0.2, 0.25) is 0 Å². The van der Waals surface area contributed by atoms with Gasteiger partial charge in [-0.2, -0.15) is 4.31 Å². The minimum atomic E-state index is -3.47. The van der Waals surface area contributed by atoms with E-state index in [1.165, 1.54) is 10.4 Å². The van der Waals surface area contributed by atoms with E-state index in [1.54, 1.807) is 18.2 Å². The number of nitrogens with one attached hydrogen (secondary N) is 1. The first-order valence-electron chi connectivity index (χ1n) is 8.35. The van der Waals surface area contributed by atoms with E-state index in [2.05, 4.69) is 5.32 Å². The van der Waals surface area contributed by atoms with Crippen LogP contribution in [0.25, 0.3) is 0 Å². The third-order valence-electron chi connectivity index (χ3n) is 4.39. The maximum Gasteiger partial charge on any atom is 0.235 e. The van der Waals surface area contributed by atoms with Gasteiger partial charge in [0.15, 0.2) is 0 Å². The Hall–Kier alpha value is -1.47. The molecule has 0 aliphatic heterocycles. The Morgan fingerprint density at radius 3 is 2.42 bits per heavy atom. The molecule has 1 aromatic carbocycles. The second-order valence-corrected chi connectivity index (χ2v) is 8.26. The lowest BCUT2D eigenvalue weighted by Gasteiger charge is -2.28. The summed E-state index contributed by atoms with van der Waals surface area (Å²) in [5, 5.41) is 2.61. The Morgan fingerprint density at radius 2 is 1.83 bits per heavy atom. The number of sulfonamides is 1. The highest BCUT2D eigenvalue weighted by atomic mass is 32.2. The highest BCUT2D eigenvalue weighted by Gasteiger charge is 2.29. The Kier molecular flexibility index (Phi) is 6.74. The third kappa shape index (κ3) is 5.56. The van der Waals surface area contributed by atoms with Gasteiger partial charge in [0.2, 0.25) is 15.9 Å². The average molecular weight is 356 g/mol. The first-order valence-corrected chi connectivity index (χ1v) is 10.2. The molecular formula is C17H25FN2O3S. The lowest BCUT2D eigenvalue weighted by atomic mass is 10.1. The van der Waals surface area contributed by atoms with Gasteiger partial charge in [-0.1, -0.05) is 43.9 Å². The monoisotopic (exact) mass is 356 g/mol. The predicted molar refractivity (Wildman–Crippen MR) is 91.3 cm³/mol. The predicted octanol–water partition coefficient (Wildman–Crippen LogP) is 2.43. The average Bonchev–Trinajstić information content (AvgIpc) is 2.79. The molecular weight excluding hydrogens is 331 g/mol. The fraction of sp³-hybridized carbons (Fsp3) is 0.588. The van der Waals surface area contributed by atoms with Crippen LogP contribution in [0.4, 0.5) is 4.39 Å². The SMILES string of the molecule is CS(=O)(=O)N(CC(=O)NCc1ccccc1F)C1CCCCCC1. The number of nitrogens with zero attached hydrogens (tertiary/aromatic N) is 1.